The van der Waals surface area contributed by atoms with E-state index in [1.807, 2.05) is 0 Å². The van der Waals surface area contributed by atoms with Crippen molar-refractivity contribution in [3.05, 3.63) is 53.6 Å². The van der Waals surface area contributed by atoms with E-state index >= 15 is 0 Å². The van der Waals surface area contributed by atoms with Gasteiger partial charge in [0, 0.05) is 13.3 Å². The Balaban J connectivity index is 1.58. The molecule has 0 saturated carbocycles. The summed E-state index contributed by atoms with van der Waals surface area (Å²) in [6, 6.07) is 10.7. The first-order chi connectivity index (χ1) is 12.3. The fraction of sp³-hybridized carbons (Fsp3) is 0.609. The summed E-state index contributed by atoms with van der Waals surface area (Å²) >= 11 is 0. The van der Waals surface area contributed by atoms with Crippen molar-refractivity contribution < 1.29 is 4.57 Å². The molecule has 2 nitrogen and oxygen atoms in total. The molecule has 1 aromatic heterocycles. The van der Waals surface area contributed by atoms with E-state index in [1.54, 1.807) is 0 Å². The first-order valence-electron chi connectivity index (χ1n) is 10.4. The van der Waals surface area contributed by atoms with Crippen molar-refractivity contribution in [2.45, 2.75) is 91.0 Å². The molecular formula is C23H37N2+. The number of hydrogen-bond acceptors (Lipinski definition) is 0. The third kappa shape index (κ3) is 7.90. The standard InChI is InChI=1S/C23H36N2/c1-3-4-5-6-7-8-9-10-11-15-18-23-20-25(21(2)24-23)19-22-16-13-12-14-17-22/h12-14,16-17,20H,3-11,15,18-19H2,1-2H3/p+1. The summed E-state index contributed by atoms with van der Waals surface area (Å²) in [5, 5.41) is 0. The van der Waals surface area contributed by atoms with Crippen LogP contribution in [0.15, 0.2) is 36.5 Å². The Kier molecular flexibility index (Phi) is 9.40. The molecule has 0 bridgehead atoms. The normalized spacial score (nSPS) is 11.1. The predicted molar refractivity (Wildman–Crippen MR) is 107 cm³/mol. The maximum Gasteiger partial charge on any atom is 0.251 e. The van der Waals surface area contributed by atoms with Crippen molar-refractivity contribution in [1.29, 1.82) is 0 Å². The molecule has 1 N–H and O–H groups in total. The Bertz CT molecular complexity index is 571. The van der Waals surface area contributed by atoms with Crippen molar-refractivity contribution >= 4 is 0 Å². The number of unbranched alkanes of at least 4 members (excludes halogenated alkanes) is 9. The number of H-pyrrole nitrogens is 1. The van der Waals surface area contributed by atoms with Crippen LogP contribution < -0.4 is 4.57 Å². The van der Waals surface area contributed by atoms with E-state index in [0.717, 1.165) is 6.54 Å². The lowest BCUT2D eigenvalue weighted by molar-refractivity contribution is -0.693. The van der Waals surface area contributed by atoms with Crippen LogP contribution in [0.1, 0.15) is 88.2 Å². The van der Waals surface area contributed by atoms with Gasteiger partial charge in [-0.25, -0.2) is 9.55 Å². The van der Waals surface area contributed by atoms with Gasteiger partial charge in [-0.05, 0) is 12.0 Å². The van der Waals surface area contributed by atoms with Crippen LogP contribution in [-0.2, 0) is 13.0 Å². The van der Waals surface area contributed by atoms with E-state index in [0.29, 0.717) is 0 Å². The van der Waals surface area contributed by atoms with Gasteiger partial charge < -0.3 is 0 Å². The SMILES string of the molecule is CCCCCCCCCCCCc1c[n+](Cc2ccccc2)c(C)[nH]1. The molecule has 2 heteroatoms. The molecule has 0 spiro atoms. The average molecular weight is 342 g/mol. The summed E-state index contributed by atoms with van der Waals surface area (Å²) in [4.78, 5) is 3.56. The van der Waals surface area contributed by atoms with Gasteiger partial charge >= 0.3 is 0 Å². The Morgan fingerprint density at radius 2 is 1.40 bits per heavy atom. The Morgan fingerprint density at radius 1 is 0.800 bits per heavy atom. The van der Waals surface area contributed by atoms with Gasteiger partial charge in [-0.1, -0.05) is 95.0 Å². The molecule has 0 fully saturated rings. The van der Waals surface area contributed by atoms with Crippen LogP contribution in [0.4, 0.5) is 0 Å². The van der Waals surface area contributed by atoms with Gasteiger partial charge in [0.2, 0.25) is 0 Å². The summed E-state index contributed by atoms with van der Waals surface area (Å²) in [7, 11) is 0. The topological polar surface area (TPSA) is 19.7 Å². The van der Waals surface area contributed by atoms with Crippen molar-refractivity contribution in [1.82, 2.24) is 4.98 Å². The molecule has 0 aliphatic heterocycles. The lowest BCUT2D eigenvalue weighted by Gasteiger charge is -2.01. The number of hydrogen-bond donors (Lipinski definition) is 1. The van der Waals surface area contributed by atoms with E-state index in [1.165, 1.54) is 87.7 Å². The number of nitrogens with one attached hydrogen (secondary N) is 1. The van der Waals surface area contributed by atoms with Gasteiger partial charge in [0.05, 0.1) is 0 Å². The molecule has 0 radical (unpaired) electrons. The predicted octanol–water partition coefficient (Wildman–Crippen LogP) is 6.12. The van der Waals surface area contributed by atoms with Crippen molar-refractivity contribution in [3.63, 3.8) is 0 Å². The van der Waals surface area contributed by atoms with Crippen LogP contribution >= 0.6 is 0 Å². The summed E-state index contributed by atoms with van der Waals surface area (Å²) in [5.41, 5.74) is 2.74. The van der Waals surface area contributed by atoms with Crippen LogP contribution in [-0.4, -0.2) is 4.98 Å². The second kappa shape index (κ2) is 11.9. The largest absolute Gasteiger partial charge is 0.251 e. The third-order valence-corrected chi connectivity index (χ3v) is 5.08. The summed E-state index contributed by atoms with van der Waals surface area (Å²) < 4.78 is 2.33. The number of aromatic nitrogens is 2. The zero-order valence-corrected chi connectivity index (χ0v) is 16.4. The first kappa shape index (κ1) is 19.8. The quantitative estimate of drug-likeness (QED) is 0.334. The zero-order valence-electron chi connectivity index (χ0n) is 16.4. The number of benzene rings is 1. The molecule has 2 aromatic rings. The van der Waals surface area contributed by atoms with Gasteiger partial charge in [0.15, 0.2) is 0 Å². The molecule has 0 amide bonds. The first-order valence-corrected chi connectivity index (χ1v) is 10.4. The number of nitrogens with zero attached hydrogens (tertiary/aromatic N) is 1. The van der Waals surface area contributed by atoms with Gasteiger partial charge in [0.1, 0.15) is 18.4 Å². The second-order valence-electron chi connectivity index (χ2n) is 7.41. The second-order valence-corrected chi connectivity index (χ2v) is 7.41. The van der Waals surface area contributed by atoms with E-state index in [9.17, 15) is 0 Å². The molecule has 0 aliphatic carbocycles. The lowest BCUT2D eigenvalue weighted by atomic mass is 10.1. The van der Waals surface area contributed by atoms with E-state index in [4.69, 9.17) is 0 Å². The zero-order chi connectivity index (χ0) is 17.7. The maximum absolute atomic E-state index is 3.56. The third-order valence-electron chi connectivity index (χ3n) is 5.08. The average Bonchev–Trinajstić information content (AvgIpc) is 2.97. The fourth-order valence-corrected chi connectivity index (χ4v) is 3.50. The molecule has 1 aromatic carbocycles. The lowest BCUT2D eigenvalue weighted by Crippen LogP contribution is -2.35. The Labute approximate surface area is 154 Å². The number of rotatable bonds is 13. The molecule has 25 heavy (non-hydrogen) atoms. The van der Waals surface area contributed by atoms with Crippen LogP contribution in [0.3, 0.4) is 0 Å². The molecule has 0 saturated heterocycles. The fourth-order valence-electron chi connectivity index (χ4n) is 3.50. The van der Waals surface area contributed by atoms with Gasteiger partial charge in [-0.3, -0.25) is 0 Å². The number of aryl methyl sites for hydroxylation is 2. The Morgan fingerprint density at radius 3 is 2.04 bits per heavy atom. The van der Waals surface area contributed by atoms with E-state index < -0.39 is 0 Å². The van der Waals surface area contributed by atoms with Crippen LogP contribution in [0, 0.1) is 6.92 Å². The minimum atomic E-state index is 0.960. The molecular weight excluding hydrogens is 304 g/mol. The Hall–Kier alpha value is -1.57. The van der Waals surface area contributed by atoms with Crippen molar-refractivity contribution in [3.8, 4) is 0 Å². The highest BCUT2D eigenvalue weighted by Gasteiger charge is 2.11. The van der Waals surface area contributed by atoms with Crippen molar-refractivity contribution in [2.75, 3.05) is 0 Å². The molecule has 0 unspecified atom stereocenters. The van der Waals surface area contributed by atoms with Gasteiger partial charge in [-0.15, -0.1) is 0 Å². The minimum Gasteiger partial charge on any atom is -0.245 e. The van der Waals surface area contributed by atoms with Crippen LogP contribution in [0.25, 0.3) is 0 Å². The monoisotopic (exact) mass is 341 g/mol. The molecule has 138 valence electrons. The highest BCUT2D eigenvalue weighted by atomic mass is 15.1. The van der Waals surface area contributed by atoms with Gasteiger partial charge in [0.25, 0.3) is 5.82 Å². The summed E-state index contributed by atoms with van der Waals surface area (Å²) in [6.45, 7) is 5.42. The maximum atomic E-state index is 3.56. The van der Waals surface area contributed by atoms with Crippen molar-refractivity contribution in [2.24, 2.45) is 0 Å². The molecule has 0 aliphatic rings. The van der Waals surface area contributed by atoms with Gasteiger partial charge in [-0.2, -0.15) is 0 Å². The minimum absolute atomic E-state index is 0.960. The molecule has 0 atom stereocenters. The summed E-state index contributed by atoms with van der Waals surface area (Å²) in [5.74, 6) is 1.26. The smallest absolute Gasteiger partial charge is 0.245 e. The number of imidazole rings is 1. The molecule has 1 heterocycles. The van der Waals surface area contributed by atoms with Crippen LogP contribution in [0.2, 0.25) is 0 Å². The molecule has 2 rings (SSSR count). The summed E-state index contributed by atoms with van der Waals surface area (Å²) in [6.07, 6.45) is 17.5. The highest BCUT2D eigenvalue weighted by molar-refractivity contribution is 5.13. The van der Waals surface area contributed by atoms with E-state index in [2.05, 4.69) is 59.9 Å². The number of aromatic amines is 1. The highest BCUT2D eigenvalue weighted by Crippen LogP contribution is 2.12. The van der Waals surface area contributed by atoms with Crippen LogP contribution in [0.5, 0.6) is 0 Å². The van der Waals surface area contributed by atoms with E-state index in [-0.39, 0.29) is 0 Å².